The van der Waals surface area contributed by atoms with Gasteiger partial charge in [0.2, 0.25) is 5.82 Å². The molecule has 0 aliphatic rings. The first kappa shape index (κ1) is 14.4. The Morgan fingerprint density at radius 1 is 0.944 bits per heavy atom. The molecule has 0 aliphatic heterocycles. The molecule has 0 unspecified atom stereocenters. The van der Waals surface area contributed by atoms with Crippen LogP contribution < -0.4 is 4.90 Å². The average Bonchev–Trinajstić information content (AvgIpc) is 2.35. The van der Waals surface area contributed by atoms with Gasteiger partial charge in [-0.2, -0.15) is 0 Å². The fourth-order valence-electron chi connectivity index (χ4n) is 1.44. The molecule has 0 spiro atoms. The zero-order valence-electron chi connectivity index (χ0n) is 9.19. The Kier molecular flexibility index (Phi) is 4.66. The molecule has 0 aromatic heterocycles. The van der Waals surface area contributed by atoms with E-state index >= 15 is 0 Å². The summed E-state index contributed by atoms with van der Waals surface area (Å²) in [5, 5.41) is 8.72. The maximum atomic E-state index is 13.4. The van der Waals surface area contributed by atoms with Crippen LogP contribution in [0.2, 0.25) is 0 Å². The van der Waals surface area contributed by atoms with Crippen LogP contribution in [0.4, 0.5) is 27.6 Å². The third-order valence-corrected chi connectivity index (χ3v) is 2.22. The molecule has 0 atom stereocenters. The number of halogens is 5. The van der Waals surface area contributed by atoms with Crippen molar-refractivity contribution in [3.8, 4) is 0 Å². The number of aliphatic hydroxyl groups excluding tert-OH is 1. The SMILES string of the molecule is C=CCN(CCO)c1c(F)c(F)c(F)c(F)c1F. The average molecular weight is 267 g/mol. The first-order valence-corrected chi connectivity index (χ1v) is 4.93. The molecule has 1 rings (SSSR count). The van der Waals surface area contributed by atoms with Crippen molar-refractivity contribution in [2.75, 3.05) is 24.6 Å². The van der Waals surface area contributed by atoms with Crippen LogP contribution in [-0.4, -0.2) is 24.8 Å². The standard InChI is InChI=1S/C11H10F5NO/c1-2-3-17(4-5-18)11-9(15)7(13)6(12)8(14)10(11)16/h2,18H,1,3-5H2. The largest absolute Gasteiger partial charge is 0.395 e. The highest BCUT2D eigenvalue weighted by molar-refractivity contribution is 5.51. The first-order chi connectivity index (χ1) is 8.45. The predicted molar refractivity (Wildman–Crippen MR) is 55.7 cm³/mol. The number of rotatable bonds is 5. The number of nitrogens with zero attached hydrogens (tertiary/aromatic N) is 1. The van der Waals surface area contributed by atoms with Crippen LogP contribution in [0.3, 0.4) is 0 Å². The summed E-state index contributed by atoms with van der Waals surface area (Å²) in [6.45, 7) is 2.34. The van der Waals surface area contributed by atoms with Crippen molar-refractivity contribution in [3.63, 3.8) is 0 Å². The van der Waals surface area contributed by atoms with Gasteiger partial charge < -0.3 is 10.0 Å². The number of hydrogen-bond donors (Lipinski definition) is 1. The van der Waals surface area contributed by atoms with Crippen molar-refractivity contribution in [1.29, 1.82) is 0 Å². The van der Waals surface area contributed by atoms with Crippen LogP contribution in [0.1, 0.15) is 0 Å². The van der Waals surface area contributed by atoms with E-state index in [9.17, 15) is 22.0 Å². The summed E-state index contributed by atoms with van der Waals surface area (Å²) < 4.78 is 65.6. The second-order valence-corrected chi connectivity index (χ2v) is 3.38. The Bertz CT molecular complexity index is 434. The van der Waals surface area contributed by atoms with E-state index in [-0.39, 0.29) is 13.1 Å². The van der Waals surface area contributed by atoms with Gasteiger partial charge in [-0.3, -0.25) is 0 Å². The lowest BCUT2D eigenvalue weighted by Gasteiger charge is -2.23. The summed E-state index contributed by atoms with van der Waals surface area (Å²) in [7, 11) is 0. The lowest BCUT2D eigenvalue weighted by atomic mass is 10.2. The fraction of sp³-hybridized carbons (Fsp3) is 0.273. The molecule has 1 aromatic rings. The van der Waals surface area contributed by atoms with E-state index in [0.29, 0.717) is 0 Å². The quantitative estimate of drug-likeness (QED) is 0.383. The van der Waals surface area contributed by atoms with Crippen LogP contribution >= 0.6 is 0 Å². The normalized spacial score (nSPS) is 10.6. The molecule has 0 aliphatic carbocycles. The minimum absolute atomic E-state index is 0.168. The second kappa shape index (κ2) is 5.81. The molecule has 0 heterocycles. The van der Waals surface area contributed by atoms with Gasteiger partial charge in [0.05, 0.1) is 6.61 Å². The van der Waals surface area contributed by atoms with E-state index in [0.717, 1.165) is 4.90 Å². The van der Waals surface area contributed by atoms with Gasteiger partial charge in [0.1, 0.15) is 5.69 Å². The van der Waals surface area contributed by atoms with Crippen LogP contribution in [0, 0.1) is 29.1 Å². The van der Waals surface area contributed by atoms with Gasteiger partial charge in [-0.25, -0.2) is 22.0 Å². The highest BCUT2D eigenvalue weighted by Gasteiger charge is 2.28. The summed E-state index contributed by atoms with van der Waals surface area (Å²) in [6.07, 6.45) is 1.22. The molecule has 1 N–H and O–H groups in total. The van der Waals surface area contributed by atoms with E-state index in [1.54, 1.807) is 0 Å². The number of aliphatic hydroxyl groups is 1. The minimum atomic E-state index is -2.21. The summed E-state index contributed by atoms with van der Waals surface area (Å²) in [6, 6.07) is 0. The molecule has 7 heteroatoms. The van der Waals surface area contributed by atoms with Gasteiger partial charge in [0.25, 0.3) is 0 Å². The molecule has 0 bridgehead atoms. The second-order valence-electron chi connectivity index (χ2n) is 3.38. The van der Waals surface area contributed by atoms with Crippen molar-refractivity contribution >= 4 is 5.69 Å². The molecule has 1 aromatic carbocycles. The highest BCUT2D eigenvalue weighted by atomic mass is 19.2. The van der Waals surface area contributed by atoms with E-state index < -0.39 is 41.4 Å². The highest BCUT2D eigenvalue weighted by Crippen LogP contribution is 2.29. The summed E-state index contributed by atoms with van der Waals surface area (Å²) in [5.41, 5.74) is -1.07. The Labute approximate surface area is 99.9 Å². The zero-order valence-corrected chi connectivity index (χ0v) is 9.19. The molecular weight excluding hydrogens is 257 g/mol. The monoisotopic (exact) mass is 267 g/mol. The van der Waals surface area contributed by atoms with E-state index in [4.69, 9.17) is 5.11 Å². The third kappa shape index (κ3) is 2.45. The Morgan fingerprint density at radius 3 is 1.78 bits per heavy atom. The molecule has 0 saturated carbocycles. The number of benzene rings is 1. The van der Waals surface area contributed by atoms with Gasteiger partial charge in [0, 0.05) is 13.1 Å². The molecule has 0 amide bonds. The summed E-state index contributed by atoms with van der Waals surface area (Å²) >= 11 is 0. The van der Waals surface area contributed by atoms with Gasteiger partial charge in [-0.1, -0.05) is 6.08 Å². The molecule has 0 radical (unpaired) electrons. The van der Waals surface area contributed by atoms with E-state index in [2.05, 4.69) is 6.58 Å². The van der Waals surface area contributed by atoms with Gasteiger partial charge in [-0.05, 0) is 0 Å². The Morgan fingerprint density at radius 2 is 1.39 bits per heavy atom. The number of hydrogen-bond acceptors (Lipinski definition) is 2. The van der Waals surface area contributed by atoms with E-state index in [1.165, 1.54) is 6.08 Å². The topological polar surface area (TPSA) is 23.5 Å². The Balaban J connectivity index is 3.42. The maximum Gasteiger partial charge on any atom is 0.200 e. The molecule has 0 saturated heterocycles. The number of anilines is 1. The Hall–Kier alpha value is -1.63. The summed E-state index contributed by atoms with van der Waals surface area (Å²) in [5.74, 6) is -10.1. The van der Waals surface area contributed by atoms with Crippen molar-refractivity contribution in [2.45, 2.75) is 0 Å². The molecule has 2 nitrogen and oxygen atoms in total. The minimum Gasteiger partial charge on any atom is -0.395 e. The van der Waals surface area contributed by atoms with Gasteiger partial charge >= 0.3 is 0 Å². The van der Waals surface area contributed by atoms with Crippen LogP contribution in [0.5, 0.6) is 0 Å². The third-order valence-electron chi connectivity index (χ3n) is 2.22. The van der Waals surface area contributed by atoms with Crippen LogP contribution in [0.15, 0.2) is 12.7 Å². The van der Waals surface area contributed by atoms with Crippen molar-refractivity contribution in [1.82, 2.24) is 0 Å². The van der Waals surface area contributed by atoms with Gasteiger partial charge in [0.15, 0.2) is 23.3 Å². The maximum absolute atomic E-state index is 13.4. The lowest BCUT2D eigenvalue weighted by Crippen LogP contribution is -2.29. The first-order valence-electron chi connectivity index (χ1n) is 4.93. The fourth-order valence-corrected chi connectivity index (χ4v) is 1.44. The van der Waals surface area contributed by atoms with Gasteiger partial charge in [-0.15, -0.1) is 6.58 Å². The predicted octanol–water partition coefficient (Wildman–Crippen LogP) is 2.37. The molecule has 18 heavy (non-hydrogen) atoms. The van der Waals surface area contributed by atoms with E-state index in [1.807, 2.05) is 0 Å². The van der Waals surface area contributed by atoms with Crippen molar-refractivity contribution < 1.29 is 27.1 Å². The lowest BCUT2D eigenvalue weighted by molar-refractivity contribution is 0.301. The molecular formula is C11H10F5NO. The molecule has 100 valence electrons. The zero-order chi connectivity index (χ0) is 13.9. The van der Waals surface area contributed by atoms with Crippen LogP contribution in [0.25, 0.3) is 0 Å². The molecule has 0 fully saturated rings. The van der Waals surface area contributed by atoms with Crippen molar-refractivity contribution in [3.05, 3.63) is 41.7 Å². The smallest absolute Gasteiger partial charge is 0.200 e. The van der Waals surface area contributed by atoms with Crippen molar-refractivity contribution in [2.24, 2.45) is 0 Å². The van der Waals surface area contributed by atoms with Crippen LogP contribution in [-0.2, 0) is 0 Å². The summed E-state index contributed by atoms with van der Waals surface area (Å²) in [4.78, 5) is 0.809.